The third-order valence-corrected chi connectivity index (χ3v) is 2.60. The molecule has 0 atom stereocenters. The number of nitrogens with one attached hydrogen (secondary N) is 1. The molecule has 92 valence electrons. The summed E-state index contributed by atoms with van der Waals surface area (Å²) >= 11 is 0. The zero-order chi connectivity index (χ0) is 12.8. The van der Waals surface area contributed by atoms with Gasteiger partial charge in [-0.3, -0.25) is 0 Å². The van der Waals surface area contributed by atoms with Crippen LogP contribution in [0.2, 0.25) is 0 Å². The lowest BCUT2D eigenvalue weighted by Crippen LogP contribution is -2.22. The molecule has 0 amide bonds. The molecule has 0 aromatic heterocycles. The monoisotopic (exact) mass is 241 g/mol. The summed E-state index contributed by atoms with van der Waals surface area (Å²) < 4.78 is 0. The Bertz CT molecular complexity index is 538. The molecule has 2 rings (SSSR count). The van der Waals surface area contributed by atoms with Crippen LogP contribution in [0.5, 0.6) is 0 Å². The Morgan fingerprint density at radius 3 is 2.44 bits per heavy atom. The molecule has 0 spiro atoms. The summed E-state index contributed by atoms with van der Waals surface area (Å²) in [7, 11) is 0. The molecule has 0 bridgehead atoms. The highest BCUT2D eigenvalue weighted by molar-refractivity contribution is 5.86. The second-order valence-electron chi connectivity index (χ2n) is 3.86. The first-order valence-electron chi connectivity index (χ1n) is 5.66. The van der Waals surface area contributed by atoms with Crippen LogP contribution in [0.4, 0.5) is 5.69 Å². The van der Waals surface area contributed by atoms with Gasteiger partial charge in [0.1, 0.15) is 0 Å². The van der Waals surface area contributed by atoms with E-state index in [2.05, 4.69) is 10.5 Å². The summed E-state index contributed by atoms with van der Waals surface area (Å²) in [6.07, 6.45) is 0. The Labute approximate surface area is 106 Å². The van der Waals surface area contributed by atoms with E-state index in [4.69, 9.17) is 10.9 Å². The molecule has 0 saturated heterocycles. The molecular weight excluding hydrogens is 226 g/mol. The standard InChI is InChI=1S/C14H15N3O/c15-14(17-18)10-16-13-9-5-4-8-12(13)11-6-2-1-3-7-11/h1-9,16,18H,10H2,(H2,15,17). The highest BCUT2D eigenvalue weighted by Crippen LogP contribution is 2.27. The molecule has 2 aromatic carbocycles. The van der Waals surface area contributed by atoms with Gasteiger partial charge in [-0.25, -0.2) is 0 Å². The molecule has 0 aliphatic heterocycles. The molecule has 0 aliphatic rings. The summed E-state index contributed by atoms with van der Waals surface area (Å²) in [5, 5.41) is 14.6. The molecule has 18 heavy (non-hydrogen) atoms. The van der Waals surface area contributed by atoms with Crippen molar-refractivity contribution in [2.45, 2.75) is 0 Å². The van der Waals surface area contributed by atoms with Crippen molar-refractivity contribution in [3.8, 4) is 11.1 Å². The maximum atomic E-state index is 8.52. The van der Waals surface area contributed by atoms with Gasteiger partial charge in [0.25, 0.3) is 0 Å². The molecule has 0 heterocycles. The minimum atomic E-state index is 0.151. The molecule has 0 saturated carbocycles. The second-order valence-corrected chi connectivity index (χ2v) is 3.86. The SMILES string of the molecule is NC(CNc1ccccc1-c1ccccc1)=NO. The number of rotatable bonds is 4. The lowest BCUT2D eigenvalue weighted by Gasteiger charge is -2.11. The number of anilines is 1. The smallest absolute Gasteiger partial charge is 0.158 e. The van der Waals surface area contributed by atoms with Crippen LogP contribution in [0.15, 0.2) is 59.8 Å². The average molecular weight is 241 g/mol. The topological polar surface area (TPSA) is 70.6 Å². The van der Waals surface area contributed by atoms with E-state index in [1.54, 1.807) is 0 Å². The molecule has 2 aromatic rings. The zero-order valence-corrected chi connectivity index (χ0v) is 9.88. The fraction of sp³-hybridized carbons (Fsp3) is 0.0714. The lowest BCUT2D eigenvalue weighted by molar-refractivity contribution is 0.317. The minimum absolute atomic E-state index is 0.151. The van der Waals surface area contributed by atoms with E-state index in [0.29, 0.717) is 6.54 Å². The quantitative estimate of drug-likeness (QED) is 0.333. The summed E-state index contributed by atoms with van der Waals surface area (Å²) in [4.78, 5) is 0. The van der Waals surface area contributed by atoms with Gasteiger partial charge in [0.05, 0.1) is 6.54 Å². The van der Waals surface area contributed by atoms with Crippen molar-refractivity contribution >= 4 is 11.5 Å². The van der Waals surface area contributed by atoms with Crippen molar-refractivity contribution in [1.82, 2.24) is 0 Å². The molecular formula is C14H15N3O. The van der Waals surface area contributed by atoms with Gasteiger partial charge in [-0.2, -0.15) is 0 Å². The van der Waals surface area contributed by atoms with Crippen LogP contribution in [0.1, 0.15) is 0 Å². The molecule has 0 unspecified atom stereocenters. The molecule has 0 aliphatic carbocycles. The first kappa shape index (κ1) is 12.0. The molecule has 4 N–H and O–H groups in total. The number of nitrogens with two attached hydrogens (primary N) is 1. The lowest BCUT2D eigenvalue weighted by atomic mass is 10.0. The van der Waals surface area contributed by atoms with Crippen LogP contribution in [0.25, 0.3) is 11.1 Å². The molecule has 4 nitrogen and oxygen atoms in total. The fourth-order valence-corrected chi connectivity index (χ4v) is 1.73. The Hall–Kier alpha value is -2.49. The Kier molecular flexibility index (Phi) is 3.81. The number of benzene rings is 2. The van der Waals surface area contributed by atoms with E-state index in [1.807, 2.05) is 54.6 Å². The normalized spacial score (nSPS) is 11.2. The van der Waals surface area contributed by atoms with E-state index in [1.165, 1.54) is 0 Å². The highest BCUT2D eigenvalue weighted by atomic mass is 16.4. The van der Waals surface area contributed by atoms with Crippen molar-refractivity contribution in [2.75, 3.05) is 11.9 Å². The third-order valence-electron chi connectivity index (χ3n) is 2.60. The van der Waals surface area contributed by atoms with Crippen LogP contribution in [-0.2, 0) is 0 Å². The number of para-hydroxylation sites is 1. The van der Waals surface area contributed by atoms with Crippen LogP contribution in [0, 0.1) is 0 Å². The van der Waals surface area contributed by atoms with E-state index in [9.17, 15) is 0 Å². The maximum Gasteiger partial charge on any atom is 0.158 e. The van der Waals surface area contributed by atoms with Crippen LogP contribution >= 0.6 is 0 Å². The van der Waals surface area contributed by atoms with Crippen LogP contribution in [0.3, 0.4) is 0 Å². The summed E-state index contributed by atoms with van der Waals surface area (Å²) in [5.74, 6) is 0.151. The second kappa shape index (κ2) is 5.72. The zero-order valence-electron chi connectivity index (χ0n) is 9.88. The van der Waals surface area contributed by atoms with Gasteiger partial charge in [0.2, 0.25) is 0 Å². The van der Waals surface area contributed by atoms with Crippen molar-refractivity contribution in [1.29, 1.82) is 0 Å². The van der Waals surface area contributed by atoms with Crippen molar-refractivity contribution in [3.63, 3.8) is 0 Å². The van der Waals surface area contributed by atoms with E-state index >= 15 is 0 Å². The largest absolute Gasteiger partial charge is 0.409 e. The van der Waals surface area contributed by atoms with Crippen LogP contribution in [-0.4, -0.2) is 17.6 Å². The van der Waals surface area contributed by atoms with Gasteiger partial charge < -0.3 is 16.3 Å². The highest BCUT2D eigenvalue weighted by Gasteiger charge is 2.03. The predicted octanol–water partition coefficient (Wildman–Crippen LogP) is 2.51. The van der Waals surface area contributed by atoms with Gasteiger partial charge in [-0.15, -0.1) is 0 Å². The molecule has 0 fully saturated rings. The number of nitrogens with zero attached hydrogens (tertiary/aromatic N) is 1. The van der Waals surface area contributed by atoms with Crippen LogP contribution < -0.4 is 11.1 Å². The number of hydrogen-bond acceptors (Lipinski definition) is 3. The van der Waals surface area contributed by atoms with Gasteiger partial charge in [0.15, 0.2) is 5.84 Å². The average Bonchev–Trinajstić information content (AvgIpc) is 2.46. The fourth-order valence-electron chi connectivity index (χ4n) is 1.73. The van der Waals surface area contributed by atoms with Gasteiger partial charge in [0, 0.05) is 11.3 Å². The Balaban J connectivity index is 2.26. The summed E-state index contributed by atoms with van der Waals surface area (Å²) in [6, 6.07) is 18.0. The number of amidine groups is 1. The van der Waals surface area contributed by atoms with Gasteiger partial charge in [-0.1, -0.05) is 53.7 Å². The van der Waals surface area contributed by atoms with Crippen molar-refractivity contribution < 1.29 is 5.21 Å². The third kappa shape index (κ3) is 2.79. The van der Waals surface area contributed by atoms with Gasteiger partial charge in [-0.05, 0) is 11.6 Å². The summed E-state index contributed by atoms with van der Waals surface area (Å²) in [5.41, 5.74) is 8.61. The maximum absolute atomic E-state index is 8.52. The number of oxime groups is 1. The molecule has 4 heteroatoms. The summed E-state index contributed by atoms with van der Waals surface area (Å²) in [6.45, 7) is 0.306. The van der Waals surface area contributed by atoms with E-state index in [0.717, 1.165) is 16.8 Å². The Morgan fingerprint density at radius 1 is 1.06 bits per heavy atom. The van der Waals surface area contributed by atoms with E-state index in [-0.39, 0.29) is 5.84 Å². The number of hydrogen-bond donors (Lipinski definition) is 3. The first-order chi connectivity index (χ1) is 8.81. The Morgan fingerprint density at radius 2 is 1.72 bits per heavy atom. The first-order valence-corrected chi connectivity index (χ1v) is 5.66. The van der Waals surface area contributed by atoms with Gasteiger partial charge >= 0.3 is 0 Å². The predicted molar refractivity (Wildman–Crippen MR) is 73.8 cm³/mol. The minimum Gasteiger partial charge on any atom is -0.409 e. The molecule has 0 radical (unpaired) electrons. The van der Waals surface area contributed by atoms with Crippen molar-refractivity contribution in [3.05, 3.63) is 54.6 Å². The van der Waals surface area contributed by atoms with Crippen molar-refractivity contribution in [2.24, 2.45) is 10.9 Å². The van der Waals surface area contributed by atoms with E-state index < -0.39 is 0 Å².